The monoisotopic (exact) mass is 602 g/mol. The minimum Gasteiger partial charge on any atom is -0.494 e. The normalized spacial score (nSPS) is 10.9. The largest absolute Gasteiger partial charge is 0.494 e. The molecule has 0 N–H and O–H groups in total. The fourth-order valence-electron chi connectivity index (χ4n) is 5.97. The second-order valence-corrected chi connectivity index (χ2v) is 11.6. The molecule has 0 aromatic heterocycles. The number of benzene rings is 6. The van der Waals surface area contributed by atoms with Crippen molar-refractivity contribution < 1.29 is 9.47 Å². The number of unbranched alkanes of at least 4 members (excludes halogenated alkanes) is 2. The lowest BCUT2D eigenvalue weighted by Crippen LogP contribution is -1.99. The SMILES string of the molecule is CCCCOc1ccc(-c2c(-c3ccccc3)cc(-c3ccccc3)c(-c3ccccc3)c2-c2ccc(OCCCC)cc2)cc1. The number of ether oxygens (including phenoxy) is 2. The molecule has 0 heterocycles. The van der Waals surface area contributed by atoms with E-state index >= 15 is 0 Å². The highest BCUT2D eigenvalue weighted by Crippen LogP contribution is 2.50. The van der Waals surface area contributed by atoms with Crippen molar-refractivity contribution in [2.75, 3.05) is 13.2 Å². The molecule has 6 aromatic carbocycles. The standard InChI is InChI=1S/C44H42O2/c1-3-5-30-45-38-26-22-36(23-27-38)43-41(34-18-12-8-13-19-34)32-40(33-16-10-7-11-17-33)42(35-20-14-9-15-21-35)44(43)37-24-28-39(29-25-37)46-31-6-4-2/h7-29,32H,3-6,30-31H2,1-2H3. The zero-order chi connectivity index (χ0) is 31.6. The summed E-state index contributed by atoms with van der Waals surface area (Å²) in [5.74, 6) is 1.80. The van der Waals surface area contributed by atoms with E-state index in [9.17, 15) is 0 Å². The van der Waals surface area contributed by atoms with Gasteiger partial charge in [-0.1, -0.05) is 142 Å². The van der Waals surface area contributed by atoms with Crippen LogP contribution in [-0.4, -0.2) is 13.2 Å². The van der Waals surface area contributed by atoms with Crippen molar-refractivity contribution in [3.8, 4) is 67.1 Å². The average Bonchev–Trinajstić information content (AvgIpc) is 3.13. The molecule has 0 radical (unpaired) electrons. The second-order valence-electron chi connectivity index (χ2n) is 11.6. The Morgan fingerprint density at radius 2 is 0.717 bits per heavy atom. The summed E-state index contributed by atoms with van der Waals surface area (Å²) >= 11 is 0. The van der Waals surface area contributed by atoms with Gasteiger partial charge >= 0.3 is 0 Å². The molecule has 6 rings (SSSR count). The molecule has 230 valence electrons. The van der Waals surface area contributed by atoms with Gasteiger partial charge in [0.25, 0.3) is 0 Å². The zero-order valence-electron chi connectivity index (χ0n) is 26.9. The molecular weight excluding hydrogens is 560 g/mol. The molecule has 0 amide bonds. The third-order valence-electron chi connectivity index (χ3n) is 8.38. The molecule has 0 aliphatic rings. The molecular formula is C44H42O2. The third kappa shape index (κ3) is 7.08. The van der Waals surface area contributed by atoms with Gasteiger partial charge in [-0.25, -0.2) is 0 Å². The molecule has 0 saturated carbocycles. The van der Waals surface area contributed by atoms with Crippen molar-refractivity contribution in [3.05, 3.63) is 146 Å². The van der Waals surface area contributed by atoms with Crippen LogP contribution in [0.25, 0.3) is 55.6 Å². The van der Waals surface area contributed by atoms with Crippen molar-refractivity contribution in [3.63, 3.8) is 0 Å². The fraction of sp³-hybridized carbons (Fsp3) is 0.182. The summed E-state index contributed by atoms with van der Waals surface area (Å²) in [4.78, 5) is 0. The number of hydrogen-bond donors (Lipinski definition) is 0. The van der Waals surface area contributed by atoms with Gasteiger partial charge in [-0.2, -0.15) is 0 Å². The highest BCUT2D eigenvalue weighted by atomic mass is 16.5. The van der Waals surface area contributed by atoms with Crippen molar-refractivity contribution in [2.45, 2.75) is 39.5 Å². The Balaban J connectivity index is 1.66. The van der Waals surface area contributed by atoms with Crippen LogP contribution in [0.5, 0.6) is 11.5 Å². The van der Waals surface area contributed by atoms with Crippen LogP contribution in [0.15, 0.2) is 146 Å². The van der Waals surface area contributed by atoms with Gasteiger partial charge < -0.3 is 9.47 Å². The smallest absolute Gasteiger partial charge is 0.119 e. The summed E-state index contributed by atoms with van der Waals surface area (Å²) in [5, 5.41) is 0. The van der Waals surface area contributed by atoms with Gasteiger partial charge in [0.05, 0.1) is 13.2 Å². The Hall–Kier alpha value is -5.08. The molecule has 0 unspecified atom stereocenters. The van der Waals surface area contributed by atoms with Crippen LogP contribution in [0.4, 0.5) is 0 Å². The van der Waals surface area contributed by atoms with Crippen LogP contribution in [0.2, 0.25) is 0 Å². The average molecular weight is 603 g/mol. The van der Waals surface area contributed by atoms with Crippen LogP contribution in [0.1, 0.15) is 39.5 Å². The van der Waals surface area contributed by atoms with Crippen LogP contribution in [0, 0.1) is 0 Å². The maximum atomic E-state index is 6.09. The summed E-state index contributed by atoms with van der Waals surface area (Å²) in [6.45, 7) is 5.83. The first kappa shape index (κ1) is 30.9. The highest BCUT2D eigenvalue weighted by Gasteiger charge is 2.23. The van der Waals surface area contributed by atoms with Gasteiger partial charge in [0.1, 0.15) is 11.5 Å². The van der Waals surface area contributed by atoms with E-state index in [0.29, 0.717) is 0 Å². The lowest BCUT2D eigenvalue weighted by atomic mass is 9.79. The van der Waals surface area contributed by atoms with Crippen molar-refractivity contribution in [1.29, 1.82) is 0 Å². The van der Waals surface area contributed by atoms with E-state index in [2.05, 4.69) is 159 Å². The van der Waals surface area contributed by atoms with Gasteiger partial charge in [-0.3, -0.25) is 0 Å². The minimum absolute atomic E-state index is 0.727. The van der Waals surface area contributed by atoms with Gasteiger partial charge in [-0.15, -0.1) is 0 Å². The van der Waals surface area contributed by atoms with Gasteiger partial charge in [0.2, 0.25) is 0 Å². The van der Waals surface area contributed by atoms with Crippen LogP contribution in [0.3, 0.4) is 0 Å². The van der Waals surface area contributed by atoms with Crippen LogP contribution in [-0.2, 0) is 0 Å². The van der Waals surface area contributed by atoms with E-state index in [1.807, 2.05) is 0 Å². The van der Waals surface area contributed by atoms with Gasteiger partial charge in [0.15, 0.2) is 0 Å². The van der Waals surface area contributed by atoms with E-state index in [1.54, 1.807) is 0 Å². The summed E-state index contributed by atoms with van der Waals surface area (Å²) in [5.41, 5.74) is 11.8. The van der Waals surface area contributed by atoms with Gasteiger partial charge in [0, 0.05) is 0 Å². The predicted molar refractivity (Wildman–Crippen MR) is 194 cm³/mol. The Kier molecular flexibility index (Phi) is 10.3. The quantitative estimate of drug-likeness (QED) is 0.122. The topological polar surface area (TPSA) is 18.5 Å². The highest BCUT2D eigenvalue weighted by molar-refractivity contribution is 6.07. The number of hydrogen-bond acceptors (Lipinski definition) is 2. The van der Waals surface area contributed by atoms with E-state index in [0.717, 1.165) is 61.5 Å². The van der Waals surface area contributed by atoms with E-state index in [4.69, 9.17) is 9.47 Å². The zero-order valence-corrected chi connectivity index (χ0v) is 26.9. The summed E-state index contributed by atoms with van der Waals surface area (Å²) in [6.07, 6.45) is 4.31. The maximum absolute atomic E-state index is 6.09. The van der Waals surface area contributed by atoms with E-state index < -0.39 is 0 Å². The molecule has 0 saturated heterocycles. The summed E-state index contributed by atoms with van der Waals surface area (Å²) in [7, 11) is 0. The molecule has 46 heavy (non-hydrogen) atoms. The molecule has 0 aliphatic heterocycles. The van der Waals surface area contributed by atoms with Crippen LogP contribution >= 0.6 is 0 Å². The summed E-state index contributed by atoms with van der Waals surface area (Å²) in [6, 6.07) is 52.0. The minimum atomic E-state index is 0.727. The van der Waals surface area contributed by atoms with Crippen molar-refractivity contribution in [1.82, 2.24) is 0 Å². The van der Waals surface area contributed by atoms with E-state index in [1.165, 1.54) is 44.5 Å². The molecule has 2 nitrogen and oxygen atoms in total. The second kappa shape index (κ2) is 15.3. The summed E-state index contributed by atoms with van der Waals surface area (Å²) < 4.78 is 12.2. The van der Waals surface area contributed by atoms with Gasteiger partial charge in [-0.05, 0) is 98.8 Å². The molecule has 0 bridgehead atoms. The number of rotatable bonds is 13. The lowest BCUT2D eigenvalue weighted by Gasteiger charge is -2.24. The molecule has 0 fully saturated rings. The lowest BCUT2D eigenvalue weighted by molar-refractivity contribution is 0.309. The van der Waals surface area contributed by atoms with Crippen molar-refractivity contribution >= 4 is 0 Å². The fourth-order valence-corrected chi connectivity index (χ4v) is 5.97. The Labute approximate surface area is 274 Å². The molecule has 2 heteroatoms. The Morgan fingerprint density at radius 3 is 1.11 bits per heavy atom. The maximum Gasteiger partial charge on any atom is 0.119 e. The molecule has 0 spiro atoms. The molecule has 0 atom stereocenters. The third-order valence-corrected chi connectivity index (χ3v) is 8.38. The molecule has 0 aliphatic carbocycles. The first-order chi connectivity index (χ1) is 22.8. The predicted octanol–water partition coefficient (Wildman–Crippen LogP) is 12.4. The Bertz CT molecular complexity index is 1810. The van der Waals surface area contributed by atoms with Crippen molar-refractivity contribution in [2.24, 2.45) is 0 Å². The first-order valence-electron chi connectivity index (χ1n) is 16.6. The van der Waals surface area contributed by atoms with Crippen LogP contribution < -0.4 is 9.47 Å². The first-order valence-corrected chi connectivity index (χ1v) is 16.6. The molecule has 6 aromatic rings. The Morgan fingerprint density at radius 1 is 0.370 bits per heavy atom. The van der Waals surface area contributed by atoms with E-state index in [-0.39, 0.29) is 0 Å².